The van der Waals surface area contributed by atoms with Crippen LogP contribution in [-0.4, -0.2) is 65.3 Å². The minimum Gasteiger partial charge on any atom is -0.480 e. The maximum Gasteiger partial charge on any atom is 0.326 e. The number of nitrogens with two attached hydrogens (primary N) is 2. The molecular formula is C18H35N5O5S. The molecule has 0 saturated heterocycles. The van der Waals surface area contributed by atoms with Crippen LogP contribution in [0.4, 0.5) is 0 Å². The van der Waals surface area contributed by atoms with Crippen LogP contribution in [0.1, 0.15) is 46.5 Å². The Balaban J connectivity index is 4.76. The molecule has 4 atom stereocenters. The van der Waals surface area contributed by atoms with E-state index in [1.54, 1.807) is 0 Å². The van der Waals surface area contributed by atoms with Crippen molar-refractivity contribution in [1.29, 1.82) is 0 Å². The molecule has 0 heterocycles. The highest BCUT2D eigenvalue weighted by Gasteiger charge is 2.28. The number of rotatable bonds is 14. The van der Waals surface area contributed by atoms with Crippen LogP contribution >= 0.6 is 12.6 Å². The highest BCUT2D eigenvalue weighted by atomic mass is 32.1. The molecule has 0 aliphatic rings. The van der Waals surface area contributed by atoms with Crippen LogP contribution in [0.2, 0.25) is 0 Å². The molecule has 0 saturated carbocycles. The number of aliphatic carboxylic acids is 1. The van der Waals surface area contributed by atoms with Gasteiger partial charge in [-0.3, -0.25) is 14.4 Å². The third kappa shape index (κ3) is 11.1. The lowest BCUT2D eigenvalue weighted by Crippen LogP contribution is -2.57. The van der Waals surface area contributed by atoms with Gasteiger partial charge in [-0.25, -0.2) is 4.79 Å². The monoisotopic (exact) mass is 433 g/mol. The Morgan fingerprint density at radius 1 is 0.931 bits per heavy atom. The number of carboxylic acids is 1. The van der Waals surface area contributed by atoms with E-state index in [0.717, 1.165) is 0 Å². The number of hydrogen-bond acceptors (Lipinski definition) is 7. The van der Waals surface area contributed by atoms with Crippen molar-refractivity contribution in [3.8, 4) is 0 Å². The second-order valence-electron chi connectivity index (χ2n) is 7.39. The Morgan fingerprint density at radius 2 is 1.52 bits per heavy atom. The van der Waals surface area contributed by atoms with E-state index in [1.165, 1.54) is 6.92 Å². The summed E-state index contributed by atoms with van der Waals surface area (Å²) in [6.07, 6.45) is 1.89. The largest absolute Gasteiger partial charge is 0.480 e. The average molecular weight is 434 g/mol. The number of nitrogens with one attached hydrogen (secondary N) is 3. The predicted molar refractivity (Wildman–Crippen MR) is 113 cm³/mol. The van der Waals surface area contributed by atoms with Crippen molar-refractivity contribution in [2.24, 2.45) is 17.4 Å². The summed E-state index contributed by atoms with van der Waals surface area (Å²) in [6, 6.07) is -3.79. The molecule has 0 spiro atoms. The van der Waals surface area contributed by atoms with E-state index in [4.69, 9.17) is 11.5 Å². The molecular weight excluding hydrogens is 398 g/mol. The molecule has 0 aliphatic carbocycles. The molecule has 0 rings (SSSR count). The number of carboxylic acid groups (broad SMARTS) is 1. The van der Waals surface area contributed by atoms with E-state index in [1.807, 2.05) is 13.8 Å². The van der Waals surface area contributed by atoms with Gasteiger partial charge in [0.2, 0.25) is 17.7 Å². The zero-order chi connectivity index (χ0) is 22.6. The van der Waals surface area contributed by atoms with Crippen LogP contribution in [0, 0.1) is 5.92 Å². The maximum absolute atomic E-state index is 12.4. The first-order chi connectivity index (χ1) is 13.5. The fourth-order valence-electron chi connectivity index (χ4n) is 2.51. The zero-order valence-electron chi connectivity index (χ0n) is 17.3. The smallest absolute Gasteiger partial charge is 0.326 e. The van der Waals surface area contributed by atoms with Crippen LogP contribution in [0.5, 0.6) is 0 Å². The van der Waals surface area contributed by atoms with Crippen molar-refractivity contribution in [3.63, 3.8) is 0 Å². The lowest BCUT2D eigenvalue weighted by atomic mass is 10.0. The Kier molecular flexibility index (Phi) is 13.3. The number of amides is 3. The van der Waals surface area contributed by atoms with Gasteiger partial charge in [-0.05, 0) is 45.1 Å². The van der Waals surface area contributed by atoms with E-state index >= 15 is 0 Å². The summed E-state index contributed by atoms with van der Waals surface area (Å²) in [7, 11) is 0. The first kappa shape index (κ1) is 27.1. The molecule has 0 radical (unpaired) electrons. The molecule has 0 aliphatic heterocycles. The van der Waals surface area contributed by atoms with Crippen molar-refractivity contribution in [2.45, 2.75) is 70.6 Å². The van der Waals surface area contributed by atoms with Crippen LogP contribution in [-0.2, 0) is 19.2 Å². The normalized spacial score (nSPS) is 15.1. The summed E-state index contributed by atoms with van der Waals surface area (Å²) in [5.41, 5.74) is 11.2. The van der Waals surface area contributed by atoms with Crippen molar-refractivity contribution < 1.29 is 24.3 Å². The molecule has 29 heavy (non-hydrogen) atoms. The maximum atomic E-state index is 12.4. The minimum absolute atomic E-state index is 0.0414. The summed E-state index contributed by atoms with van der Waals surface area (Å²) in [6.45, 7) is 5.76. The third-order valence-corrected chi connectivity index (χ3v) is 4.56. The first-order valence-corrected chi connectivity index (χ1v) is 10.4. The molecule has 4 unspecified atom stereocenters. The van der Waals surface area contributed by atoms with E-state index < -0.39 is 47.9 Å². The Hall–Kier alpha value is -1.85. The van der Waals surface area contributed by atoms with Crippen LogP contribution in [0.25, 0.3) is 0 Å². The zero-order valence-corrected chi connectivity index (χ0v) is 18.2. The van der Waals surface area contributed by atoms with Gasteiger partial charge in [0.05, 0.1) is 6.04 Å². The van der Waals surface area contributed by atoms with Gasteiger partial charge in [-0.15, -0.1) is 0 Å². The number of hydrogen-bond donors (Lipinski definition) is 7. The summed E-state index contributed by atoms with van der Waals surface area (Å²) in [4.78, 5) is 48.0. The molecule has 0 bridgehead atoms. The number of thiol groups is 1. The SMILES string of the molecule is CC(C)CC(N)C(=O)NC(C)C(=O)NC(CS)C(=O)NC(CCCCN)C(=O)O. The molecule has 0 fully saturated rings. The van der Waals surface area contributed by atoms with Gasteiger partial charge in [-0.2, -0.15) is 12.6 Å². The third-order valence-electron chi connectivity index (χ3n) is 4.19. The van der Waals surface area contributed by atoms with Gasteiger partial charge in [0.15, 0.2) is 0 Å². The molecule has 11 heteroatoms. The van der Waals surface area contributed by atoms with E-state index in [9.17, 15) is 24.3 Å². The second-order valence-corrected chi connectivity index (χ2v) is 7.76. The van der Waals surface area contributed by atoms with E-state index in [2.05, 4.69) is 28.6 Å². The van der Waals surface area contributed by atoms with Gasteiger partial charge >= 0.3 is 5.97 Å². The molecule has 10 nitrogen and oxygen atoms in total. The molecule has 3 amide bonds. The van der Waals surface area contributed by atoms with Crippen LogP contribution in [0.15, 0.2) is 0 Å². The first-order valence-electron chi connectivity index (χ1n) is 9.73. The van der Waals surface area contributed by atoms with Crippen molar-refractivity contribution in [3.05, 3.63) is 0 Å². The average Bonchev–Trinajstić information content (AvgIpc) is 2.63. The Labute approximate surface area is 177 Å². The van der Waals surface area contributed by atoms with Gasteiger partial charge < -0.3 is 32.5 Å². The van der Waals surface area contributed by atoms with Crippen molar-refractivity contribution in [2.75, 3.05) is 12.3 Å². The molecule has 0 aromatic rings. The van der Waals surface area contributed by atoms with Gasteiger partial charge in [-0.1, -0.05) is 13.8 Å². The summed E-state index contributed by atoms with van der Waals surface area (Å²) < 4.78 is 0. The molecule has 8 N–H and O–H groups in total. The van der Waals surface area contributed by atoms with Gasteiger partial charge in [0.1, 0.15) is 18.1 Å². The minimum atomic E-state index is -1.17. The highest BCUT2D eigenvalue weighted by Crippen LogP contribution is 2.04. The second kappa shape index (κ2) is 14.2. The molecule has 0 aromatic heterocycles. The van der Waals surface area contributed by atoms with Crippen molar-refractivity contribution >= 4 is 36.3 Å². The number of carbonyl (C=O) groups is 4. The van der Waals surface area contributed by atoms with Gasteiger partial charge in [0.25, 0.3) is 0 Å². The fourth-order valence-corrected chi connectivity index (χ4v) is 2.77. The Bertz CT molecular complexity index is 561. The Morgan fingerprint density at radius 3 is 2.00 bits per heavy atom. The quantitative estimate of drug-likeness (QED) is 0.135. The van der Waals surface area contributed by atoms with Crippen LogP contribution < -0.4 is 27.4 Å². The summed E-state index contributed by atoms with van der Waals surface area (Å²) in [5, 5.41) is 16.6. The summed E-state index contributed by atoms with van der Waals surface area (Å²) in [5.74, 6) is -2.70. The van der Waals surface area contributed by atoms with Crippen molar-refractivity contribution in [1.82, 2.24) is 16.0 Å². The van der Waals surface area contributed by atoms with E-state index in [0.29, 0.717) is 25.8 Å². The molecule has 0 aromatic carbocycles. The number of carbonyl (C=O) groups excluding carboxylic acids is 3. The van der Waals surface area contributed by atoms with E-state index in [-0.39, 0.29) is 18.1 Å². The fraction of sp³-hybridized carbons (Fsp3) is 0.778. The molecule has 168 valence electrons. The standard InChI is InChI=1S/C18H35N5O5S/c1-10(2)8-12(20)16(25)21-11(3)15(24)23-14(9-29)17(26)22-13(18(27)28)6-4-5-7-19/h10-14,29H,4-9,19-20H2,1-3H3,(H,21,25)(H,22,26)(H,23,24)(H,27,28). The summed E-state index contributed by atoms with van der Waals surface area (Å²) >= 11 is 4.05. The topological polar surface area (TPSA) is 177 Å². The lowest BCUT2D eigenvalue weighted by molar-refractivity contribution is -0.142. The van der Waals surface area contributed by atoms with Gasteiger partial charge in [0, 0.05) is 5.75 Å². The highest BCUT2D eigenvalue weighted by molar-refractivity contribution is 7.80. The lowest BCUT2D eigenvalue weighted by Gasteiger charge is -2.23. The number of unbranched alkanes of at least 4 members (excludes halogenated alkanes) is 1. The predicted octanol–water partition coefficient (Wildman–Crippen LogP) is -1.02. The van der Waals surface area contributed by atoms with Crippen LogP contribution in [0.3, 0.4) is 0 Å².